The van der Waals surface area contributed by atoms with Crippen molar-refractivity contribution >= 4 is 0 Å². The highest BCUT2D eigenvalue weighted by Crippen LogP contribution is 2.21. The molecule has 2 N–H and O–H groups in total. The van der Waals surface area contributed by atoms with Crippen molar-refractivity contribution in [2.75, 3.05) is 6.61 Å². The monoisotopic (exact) mass is 178 g/mol. The smallest absolute Gasteiger partial charge is 0.105 e. The molecule has 0 saturated heterocycles. The summed E-state index contributed by atoms with van der Waals surface area (Å²) in [5, 5.41) is 18.5. The van der Waals surface area contributed by atoms with Crippen molar-refractivity contribution < 1.29 is 10.2 Å². The Hall–Kier alpha value is -1.12. The highest BCUT2D eigenvalue weighted by atomic mass is 16.3. The van der Waals surface area contributed by atoms with E-state index in [2.05, 4.69) is 0 Å². The lowest BCUT2D eigenvalue weighted by molar-refractivity contribution is 0.110. The second-order valence-corrected chi connectivity index (χ2v) is 3.10. The zero-order chi connectivity index (χ0) is 9.73. The lowest BCUT2D eigenvalue weighted by atomic mass is 9.96. The Kier molecular flexibility index (Phi) is 3.23. The number of hydrogen-bond donors (Lipinski definition) is 2. The molecule has 0 spiro atoms. The van der Waals surface area contributed by atoms with Crippen LogP contribution in [0.3, 0.4) is 0 Å². The second kappa shape index (κ2) is 4.21. The highest BCUT2D eigenvalue weighted by molar-refractivity contribution is 5.25. The van der Waals surface area contributed by atoms with Gasteiger partial charge in [-0.25, -0.2) is 0 Å². The Morgan fingerprint density at radius 3 is 2.46 bits per heavy atom. The maximum Gasteiger partial charge on any atom is 0.105 e. The van der Waals surface area contributed by atoms with Crippen LogP contribution in [0.4, 0.5) is 0 Å². The molecule has 1 rings (SSSR count). The summed E-state index contributed by atoms with van der Waals surface area (Å²) in [6.07, 6.45) is 3.12. The van der Waals surface area contributed by atoms with Gasteiger partial charge in [-0.1, -0.05) is 42.5 Å². The zero-order valence-electron chi connectivity index (χ0n) is 7.64. The fourth-order valence-corrected chi connectivity index (χ4v) is 1.15. The minimum atomic E-state index is -0.996. The number of rotatable bonds is 3. The molecule has 1 aromatic rings. The number of aliphatic hydroxyl groups excluding tert-OH is 1. The molecule has 0 heterocycles. The summed E-state index contributed by atoms with van der Waals surface area (Å²) in [6.45, 7) is 1.64. The fraction of sp³-hybridized carbons (Fsp3) is 0.273. The maximum absolute atomic E-state index is 9.92. The Morgan fingerprint density at radius 2 is 1.92 bits per heavy atom. The van der Waals surface area contributed by atoms with Gasteiger partial charge in [0.25, 0.3) is 0 Å². The molecule has 0 amide bonds. The lowest BCUT2D eigenvalue weighted by Crippen LogP contribution is -2.17. The van der Waals surface area contributed by atoms with E-state index in [-0.39, 0.29) is 6.61 Å². The number of aliphatic hydroxyl groups is 2. The van der Waals surface area contributed by atoms with Gasteiger partial charge in [0, 0.05) is 0 Å². The molecular weight excluding hydrogens is 164 g/mol. The van der Waals surface area contributed by atoms with Crippen molar-refractivity contribution in [3.63, 3.8) is 0 Å². The van der Waals surface area contributed by atoms with Crippen LogP contribution in [0.15, 0.2) is 42.5 Å². The van der Waals surface area contributed by atoms with E-state index in [1.807, 2.05) is 30.3 Å². The molecule has 0 radical (unpaired) electrons. The third-order valence-electron chi connectivity index (χ3n) is 1.91. The molecule has 2 nitrogen and oxygen atoms in total. The second-order valence-electron chi connectivity index (χ2n) is 3.10. The first kappa shape index (κ1) is 9.96. The van der Waals surface area contributed by atoms with E-state index in [1.54, 1.807) is 13.0 Å². The summed E-state index contributed by atoms with van der Waals surface area (Å²) in [5.74, 6) is 0. The first-order valence-corrected chi connectivity index (χ1v) is 4.23. The number of benzene rings is 1. The molecule has 0 fully saturated rings. The van der Waals surface area contributed by atoms with E-state index in [1.165, 1.54) is 6.08 Å². The average Bonchev–Trinajstić information content (AvgIpc) is 2.16. The van der Waals surface area contributed by atoms with Crippen LogP contribution in [0.25, 0.3) is 0 Å². The normalized spacial score (nSPS) is 15.9. The van der Waals surface area contributed by atoms with Gasteiger partial charge in [-0.2, -0.15) is 0 Å². The van der Waals surface area contributed by atoms with Crippen LogP contribution in [0.2, 0.25) is 0 Å². The predicted molar refractivity (Wildman–Crippen MR) is 52.2 cm³/mol. The standard InChI is InChI=1S/C11H14O2/c1-11(13,8-5-9-12)10-6-3-2-4-7-10/h2-8,12-13H,9H2,1H3/b8-5+/t11-/m0/s1. The van der Waals surface area contributed by atoms with Gasteiger partial charge < -0.3 is 10.2 Å². The molecule has 0 saturated carbocycles. The molecule has 13 heavy (non-hydrogen) atoms. The largest absolute Gasteiger partial charge is 0.392 e. The molecule has 0 aliphatic carbocycles. The fourth-order valence-electron chi connectivity index (χ4n) is 1.15. The van der Waals surface area contributed by atoms with Gasteiger partial charge in [0.1, 0.15) is 5.60 Å². The van der Waals surface area contributed by atoms with Crippen LogP contribution in [-0.2, 0) is 5.60 Å². The van der Waals surface area contributed by atoms with Gasteiger partial charge in [0.15, 0.2) is 0 Å². The van der Waals surface area contributed by atoms with Gasteiger partial charge >= 0.3 is 0 Å². The SMILES string of the molecule is C[C@](O)(/C=C/CO)c1ccccc1. The Labute approximate surface area is 78.2 Å². The van der Waals surface area contributed by atoms with Crippen molar-refractivity contribution in [3.8, 4) is 0 Å². The molecule has 0 bridgehead atoms. The highest BCUT2D eigenvalue weighted by Gasteiger charge is 2.17. The minimum Gasteiger partial charge on any atom is -0.392 e. The van der Waals surface area contributed by atoms with Crippen molar-refractivity contribution in [2.24, 2.45) is 0 Å². The Morgan fingerprint density at radius 1 is 1.31 bits per heavy atom. The summed E-state index contributed by atoms with van der Waals surface area (Å²) >= 11 is 0. The summed E-state index contributed by atoms with van der Waals surface area (Å²) in [6, 6.07) is 9.34. The first-order chi connectivity index (χ1) is 6.17. The lowest BCUT2D eigenvalue weighted by Gasteiger charge is -2.19. The minimum absolute atomic E-state index is 0.0526. The quantitative estimate of drug-likeness (QED) is 0.688. The molecular formula is C11H14O2. The van der Waals surface area contributed by atoms with Gasteiger partial charge in [0.05, 0.1) is 6.61 Å². The van der Waals surface area contributed by atoms with E-state index in [0.29, 0.717) is 0 Å². The van der Waals surface area contributed by atoms with Crippen LogP contribution in [0.5, 0.6) is 0 Å². The van der Waals surface area contributed by atoms with Gasteiger partial charge in [-0.05, 0) is 12.5 Å². The van der Waals surface area contributed by atoms with Crippen LogP contribution in [-0.4, -0.2) is 16.8 Å². The van der Waals surface area contributed by atoms with Crippen molar-refractivity contribution in [2.45, 2.75) is 12.5 Å². The van der Waals surface area contributed by atoms with E-state index in [4.69, 9.17) is 5.11 Å². The van der Waals surface area contributed by atoms with Gasteiger partial charge in [0.2, 0.25) is 0 Å². The molecule has 0 unspecified atom stereocenters. The van der Waals surface area contributed by atoms with Crippen LogP contribution in [0, 0.1) is 0 Å². The Balaban J connectivity index is 2.87. The molecule has 2 heteroatoms. The molecule has 0 aliphatic heterocycles. The van der Waals surface area contributed by atoms with Crippen molar-refractivity contribution in [1.82, 2.24) is 0 Å². The molecule has 70 valence electrons. The summed E-state index contributed by atoms with van der Waals surface area (Å²) in [4.78, 5) is 0. The summed E-state index contributed by atoms with van der Waals surface area (Å²) in [5.41, 5.74) is -0.177. The van der Waals surface area contributed by atoms with E-state index < -0.39 is 5.60 Å². The van der Waals surface area contributed by atoms with Gasteiger partial charge in [-0.15, -0.1) is 0 Å². The molecule has 1 aromatic carbocycles. The Bertz CT molecular complexity index is 275. The predicted octanol–water partition coefficient (Wildman–Crippen LogP) is 1.44. The van der Waals surface area contributed by atoms with E-state index in [0.717, 1.165) is 5.56 Å². The average molecular weight is 178 g/mol. The van der Waals surface area contributed by atoms with Crippen molar-refractivity contribution in [1.29, 1.82) is 0 Å². The third-order valence-corrected chi connectivity index (χ3v) is 1.91. The van der Waals surface area contributed by atoms with Gasteiger partial charge in [-0.3, -0.25) is 0 Å². The molecule has 0 aromatic heterocycles. The number of hydrogen-bond acceptors (Lipinski definition) is 2. The molecule has 0 aliphatic rings. The van der Waals surface area contributed by atoms with E-state index in [9.17, 15) is 5.11 Å². The van der Waals surface area contributed by atoms with Crippen LogP contribution in [0.1, 0.15) is 12.5 Å². The summed E-state index contributed by atoms with van der Waals surface area (Å²) in [7, 11) is 0. The van der Waals surface area contributed by atoms with E-state index >= 15 is 0 Å². The maximum atomic E-state index is 9.92. The first-order valence-electron chi connectivity index (χ1n) is 4.23. The molecule has 1 atom stereocenters. The van der Waals surface area contributed by atoms with Crippen LogP contribution < -0.4 is 0 Å². The topological polar surface area (TPSA) is 40.5 Å². The zero-order valence-corrected chi connectivity index (χ0v) is 7.64. The summed E-state index contributed by atoms with van der Waals surface area (Å²) < 4.78 is 0. The van der Waals surface area contributed by atoms with Crippen LogP contribution >= 0.6 is 0 Å². The third kappa shape index (κ3) is 2.68. The van der Waals surface area contributed by atoms with Crippen molar-refractivity contribution in [3.05, 3.63) is 48.0 Å².